The van der Waals surface area contributed by atoms with Crippen molar-refractivity contribution in [2.45, 2.75) is 64.8 Å². The van der Waals surface area contributed by atoms with Crippen molar-refractivity contribution in [3.63, 3.8) is 0 Å². The van der Waals surface area contributed by atoms with E-state index in [9.17, 15) is 0 Å². The van der Waals surface area contributed by atoms with Gasteiger partial charge in [-0.25, -0.2) is 0 Å². The monoisotopic (exact) mass is 291 g/mol. The molecule has 5 nitrogen and oxygen atoms in total. The Balaban J connectivity index is 1.65. The summed E-state index contributed by atoms with van der Waals surface area (Å²) in [6, 6.07) is 0. The molecule has 2 saturated heterocycles. The zero-order valence-corrected chi connectivity index (χ0v) is 13.6. The summed E-state index contributed by atoms with van der Waals surface area (Å²) < 4.78 is 14.1. The summed E-state index contributed by atoms with van der Waals surface area (Å²) in [6.07, 6.45) is 7.87. The Hall–Kier alpha value is -0.845. The van der Waals surface area contributed by atoms with Gasteiger partial charge < -0.3 is 9.31 Å². The average Bonchev–Trinajstić information content (AvgIpc) is 2.94. The lowest BCUT2D eigenvalue weighted by Gasteiger charge is -2.32. The second-order valence-corrected chi connectivity index (χ2v) is 7.22. The van der Waals surface area contributed by atoms with Gasteiger partial charge in [0.1, 0.15) is 0 Å². The summed E-state index contributed by atoms with van der Waals surface area (Å²) in [5.41, 5.74) is 0.407. The highest BCUT2D eigenvalue weighted by Gasteiger charge is 2.52. The Labute approximate surface area is 127 Å². The highest BCUT2D eigenvalue weighted by Crippen LogP contribution is 2.36. The Morgan fingerprint density at radius 3 is 2.33 bits per heavy atom. The standard InChI is InChI=1S/C15H26BN3O2/c1-14(2)15(3,4)21-16(20-14)13-10-17-19(11-13)12-18-8-6-5-7-9-18/h10-11H,5-9,12H2,1-4H3. The Morgan fingerprint density at radius 2 is 1.71 bits per heavy atom. The van der Waals surface area contributed by atoms with Crippen molar-refractivity contribution in [1.82, 2.24) is 14.7 Å². The molecule has 2 aliphatic heterocycles. The fourth-order valence-electron chi connectivity index (χ4n) is 2.86. The van der Waals surface area contributed by atoms with Crippen molar-refractivity contribution in [1.29, 1.82) is 0 Å². The highest BCUT2D eigenvalue weighted by atomic mass is 16.7. The summed E-state index contributed by atoms with van der Waals surface area (Å²) >= 11 is 0. The van der Waals surface area contributed by atoms with E-state index in [-0.39, 0.29) is 18.3 Å². The van der Waals surface area contributed by atoms with Crippen LogP contribution in [0.25, 0.3) is 0 Å². The minimum atomic E-state index is -0.315. The third-order valence-corrected chi connectivity index (χ3v) is 4.97. The molecule has 0 unspecified atom stereocenters. The minimum absolute atomic E-state index is 0.299. The van der Waals surface area contributed by atoms with Gasteiger partial charge in [-0.1, -0.05) is 6.42 Å². The SMILES string of the molecule is CC1(C)OB(c2cnn(CN3CCCCC3)c2)OC1(C)C. The van der Waals surface area contributed by atoms with Gasteiger partial charge in [0.15, 0.2) is 0 Å². The molecule has 2 fully saturated rings. The normalized spacial score (nSPS) is 25.4. The molecule has 0 amide bonds. The van der Waals surface area contributed by atoms with Crippen LogP contribution in [-0.4, -0.2) is 46.1 Å². The summed E-state index contributed by atoms with van der Waals surface area (Å²) in [4.78, 5) is 2.45. The second kappa shape index (κ2) is 5.41. The van der Waals surface area contributed by atoms with Gasteiger partial charge in [-0.2, -0.15) is 5.10 Å². The molecule has 3 rings (SSSR count). The van der Waals surface area contributed by atoms with E-state index in [2.05, 4.69) is 43.9 Å². The van der Waals surface area contributed by atoms with Crippen LogP contribution in [0.2, 0.25) is 0 Å². The van der Waals surface area contributed by atoms with Gasteiger partial charge in [0.2, 0.25) is 0 Å². The molecule has 0 saturated carbocycles. The van der Waals surface area contributed by atoms with Crippen molar-refractivity contribution in [3.8, 4) is 0 Å². The number of aromatic nitrogens is 2. The van der Waals surface area contributed by atoms with E-state index < -0.39 is 0 Å². The first-order chi connectivity index (χ1) is 9.87. The minimum Gasteiger partial charge on any atom is -0.399 e. The van der Waals surface area contributed by atoms with Crippen LogP contribution in [0.4, 0.5) is 0 Å². The van der Waals surface area contributed by atoms with Crippen LogP contribution in [0.5, 0.6) is 0 Å². The van der Waals surface area contributed by atoms with E-state index in [1.54, 1.807) is 0 Å². The number of likely N-dealkylation sites (tertiary alicyclic amines) is 1. The molecule has 21 heavy (non-hydrogen) atoms. The molecule has 0 spiro atoms. The number of piperidine rings is 1. The molecular formula is C15H26BN3O2. The number of hydrogen-bond acceptors (Lipinski definition) is 4. The van der Waals surface area contributed by atoms with E-state index in [0.29, 0.717) is 0 Å². The molecule has 6 heteroatoms. The van der Waals surface area contributed by atoms with E-state index in [0.717, 1.165) is 12.1 Å². The first kappa shape index (κ1) is 15.1. The molecule has 3 heterocycles. The van der Waals surface area contributed by atoms with Crippen LogP contribution in [0, 0.1) is 0 Å². The van der Waals surface area contributed by atoms with E-state index in [4.69, 9.17) is 9.31 Å². The molecule has 0 bridgehead atoms. The summed E-state index contributed by atoms with van der Waals surface area (Å²) in [5, 5.41) is 4.47. The Bertz CT molecular complexity index is 479. The lowest BCUT2D eigenvalue weighted by molar-refractivity contribution is 0.00578. The van der Waals surface area contributed by atoms with Crippen LogP contribution < -0.4 is 5.46 Å². The van der Waals surface area contributed by atoms with Crippen molar-refractivity contribution in [3.05, 3.63) is 12.4 Å². The zero-order chi connectivity index (χ0) is 15.1. The van der Waals surface area contributed by atoms with Crippen molar-refractivity contribution in [2.24, 2.45) is 0 Å². The zero-order valence-electron chi connectivity index (χ0n) is 13.6. The number of nitrogens with zero attached hydrogens (tertiary/aromatic N) is 3. The average molecular weight is 291 g/mol. The molecule has 0 radical (unpaired) electrons. The van der Waals surface area contributed by atoms with Gasteiger partial charge in [-0.05, 0) is 53.6 Å². The molecule has 0 aromatic carbocycles. The molecule has 1 aromatic heterocycles. The first-order valence-electron chi connectivity index (χ1n) is 7.98. The largest absolute Gasteiger partial charge is 0.498 e. The predicted molar refractivity (Wildman–Crippen MR) is 83.4 cm³/mol. The Morgan fingerprint density at radius 1 is 1.10 bits per heavy atom. The van der Waals surface area contributed by atoms with E-state index in [1.165, 1.54) is 32.4 Å². The van der Waals surface area contributed by atoms with Crippen LogP contribution in [0.1, 0.15) is 47.0 Å². The fourth-order valence-corrected chi connectivity index (χ4v) is 2.86. The maximum Gasteiger partial charge on any atom is 0.498 e. The van der Waals surface area contributed by atoms with Gasteiger partial charge in [0, 0.05) is 17.9 Å². The molecule has 2 aliphatic rings. The maximum atomic E-state index is 6.06. The van der Waals surface area contributed by atoms with Gasteiger partial charge in [-0.3, -0.25) is 9.58 Å². The quantitative estimate of drug-likeness (QED) is 0.794. The van der Waals surface area contributed by atoms with Gasteiger partial charge in [0.05, 0.1) is 17.9 Å². The van der Waals surface area contributed by atoms with Gasteiger partial charge in [-0.15, -0.1) is 0 Å². The highest BCUT2D eigenvalue weighted by molar-refractivity contribution is 6.61. The predicted octanol–water partition coefficient (Wildman–Crippen LogP) is 1.63. The van der Waals surface area contributed by atoms with Crippen LogP contribution in [0.3, 0.4) is 0 Å². The lowest BCUT2D eigenvalue weighted by atomic mass is 9.82. The molecular weight excluding hydrogens is 265 g/mol. The lowest BCUT2D eigenvalue weighted by Crippen LogP contribution is -2.41. The second-order valence-electron chi connectivity index (χ2n) is 7.22. The van der Waals surface area contributed by atoms with Crippen LogP contribution in [0.15, 0.2) is 12.4 Å². The Kier molecular flexibility index (Phi) is 3.88. The number of rotatable bonds is 3. The van der Waals surface area contributed by atoms with Crippen molar-refractivity contribution in [2.75, 3.05) is 13.1 Å². The van der Waals surface area contributed by atoms with Crippen LogP contribution >= 0.6 is 0 Å². The van der Waals surface area contributed by atoms with Crippen molar-refractivity contribution >= 4 is 12.6 Å². The first-order valence-corrected chi connectivity index (χ1v) is 7.98. The maximum absolute atomic E-state index is 6.06. The van der Waals surface area contributed by atoms with E-state index in [1.807, 2.05) is 10.9 Å². The van der Waals surface area contributed by atoms with E-state index >= 15 is 0 Å². The third kappa shape index (κ3) is 3.03. The molecule has 0 aliphatic carbocycles. The molecule has 116 valence electrons. The summed E-state index contributed by atoms with van der Waals surface area (Å²) in [6.45, 7) is 11.5. The molecule has 0 N–H and O–H groups in total. The van der Waals surface area contributed by atoms with Crippen molar-refractivity contribution < 1.29 is 9.31 Å². The van der Waals surface area contributed by atoms with Crippen LogP contribution in [-0.2, 0) is 16.0 Å². The van der Waals surface area contributed by atoms with Gasteiger partial charge >= 0.3 is 7.12 Å². The summed E-state index contributed by atoms with van der Waals surface area (Å²) in [7, 11) is -0.315. The molecule has 0 atom stereocenters. The smallest absolute Gasteiger partial charge is 0.399 e. The topological polar surface area (TPSA) is 39.5 Å². The van der Waals surface area contributed by atoms with Gasteiger partial charge in [0.25, 0.3) is 0 Å². The fraction of sp³-hybridized carbons (Fsp3) is 0.800. The number of hydrogen-bond donors (Lipinski definition) is 0. The third-order valence-electron chi connectivity index (χ3n) is 4.97. The molecule has 1 aromatic rings. The summed E-state index contributed by atoms with van der Waals surface area (Å²) in [5.74, 6) is 0.